The van der Waals surface area contributed by atoms with Crippen LogP contribution in [0.1, 0.15) is 53.6 Å². The highest BCUT2D eigenvalue weighted by atomic mass is 35.5. The van der Waals surface area contributed by atoms with Gasteiger partial charge in [-0.25, -0.2) is 14.4 Å². The normalized spacial score (nSPS) is 22.9. The predicted molar refractivity (Wildman–Crippen MR) is 121 cm³/mol. The van der Waals surface area contributed by atoms with E-state index in [9.17, 15) is 14.9 Å². The van der Waals surface area contributed by atoms with E-state index in [-0.39, 0.29) is 11.3 Å². The summed E-state index contributed by atoms with van der Waals surface area (Å²) in [6, 6.07) is 8.37. The first-order valence-corrected chi connectivity index (χ1v) is 11.6. The molecule has 0 radical (unpaired) electrons. The van der Waals surface area contributed by atoms with Crippen LogP contribution < -0.4 is 10.1 Å². The summed E-state index contributed by atoms with van der Waals surface area (Å²) in [4.78, 5) is 11.2. The third-order valence-corrected chi connectivity index (χ3v) is 7.02. The second kappa shape index (κ2) is 8.44. The van der Waals surface area contributed by atoms with Gasteiger partial charge < -0.3 is 10.1 Å². The van der Waals surface area contributed by atoms with Gasteiger partial charge in [0.2, 0.25) is 5.88 Å². The van der Waals surface area contributed by atoms with Gasteiger partial charge in [0, 0.05) is 49.8 Å². The molecule has 170 valence electrons. The number of rotatable bonds is 6. The summed E-state index contributed by atoms with van der Waals surface area (Å²) in [7, 11) is 0. The van der Waals surface area contributed by atoms with Crippen molar-refractivity contribution in [3.8, 4) is 18.0 Å². The maximum absolute atomic E-state index is 13.0. The first-order chi connectivity index (χ1) is 15.9. The molecule has 2 aromatic heterocycles. The summed E-state index contributed by atoms with van der Waals surface area (Å²) >= 11 is 6.35. The molecular weight excluding hydrogens is 443 g/mol. The summed E-state index contributed by atoms with van der Waals surface area (Å²) < 4.78 is 18.8. The van der Waals surface area contributed by atoms with E-state index in [0.29, 0.717) is 49.6 Å². The number of nitriles is 2. The molecule has 7 nitrogen and oxygen atoms in total. The Hall–Kier alpha value is -2.94. The number of pyridine rings is 2. The Morgan fingerprint density at radius 1 is 1.27 bits per heavy atom. The Morgan fingerprint density at radius 3 is 2.70 bits per heavy atom. The molecule has 0 atom stereocenters. The molecule has 5 rings (SSSR count). The molecule has 0 unspecified atom stereocenters. The maximum atomic E-state index is 13.0. The summed E-state index contributed by atoms with van der Waals surface area (Å²) in [5.41, 5.74) is 3.62. The van der Waals surface area contributed by atoms with Gasteiger partial charge in [0.05, 0.1) is 11.6 Å². The van der Waals surface area contributed by atoms with Crippen LogP contribution in [-0.2, 0) is 19.5 Å². The van der Waals surface area contributed by atoms with Crippen LogP contribution in [-0.4, -0.2) is 39.2 Å². The second-order valence-electron chi connectivity index (χ2n) is 9.18. The topological polar surface area (TPSA) is 97.9 Å². The van der Waals surface area contributed by atoms with Crippen molar-refractivity contribution in [2.45, 2.75) is 69.9 Å². The molecule has 0 saturated heterocycles. The minimum Gasteiger partial charge on any atom is -0.474 e. The lowest BCUT2D eigenvalue weighted by molar-refractivity contribution is 0.0376. The van der Waals surface area contributed by atoms with E-state index in [1.54, 1.807) is 0 Å². The number of aryl methyl sites for hydroxylation is 1. The number of nitrogens with zero attached hydrogens (tertiary/aromatic N) is 5. The van der Waals surface area contributed by atoms with Gasteiger partial charge in [-0.05, 0) is 37.3 Å². The maximum Gasteiger partial charge on any atom is 0.213 e. The highest BCUT2D eigenvalue weighted by Crippen LogP contribution is 2.41. The Labute approximate surface area is 197 Å². The zero-order chi connectivity index (χ0) is 23.2. The van der Waals surface area contributed by atoms with Gasteiger partial charge in [-0.2, -0.15) is 10.5 Å². The second-order valence-corrected chi connectivity index (χ2v) is 9.54. The molecule has 0 spiro atoms. The van der Waals surface area contributed by atoms with Crippen LogP contribution >= 0.6 is 11.6 Å². The lowest BCUT2D eigenvalue weighted by atomic mass is 9.94. The zero-order valence-electron chi connectivity index (χ0n) is 18.4. The van der Waals surface area contributed by atoms with Crippen molar-refractivity contribution in [2.75, 3.05) is 11.9 Å². The molecular formula is C24H24ClFN6O. The Kier molecular flexibility index (Phi) is 5.60. The molecule has 0 amide bonds. The van der Waals surface area contributed by atoms with E-state index in [2.05, 4.69) is 32.3 Å². The Balaban J connectivity index is 1.33. The van der Waals surface area contributed by atoms with Crippen molar-refractivity contribution in [3.63, 3.8) is 0 Å². The molecule has 33 heavy (non-hydrogen) atoms. The number of alkyl halides is 1. The standard InChI is InChI=1S/C24H24ClFN6O/c1-14-15(2-3-21(29-14)33-17-8-16(26)9-17)11-32-7-4-18-20(12-32)19(10-27)22(25)30-23(18)31-24(13-28)5-6-24/h2-3,16-17H,4-9,11-12H2,1H3,(H,30,31)/t16-,17-. The average Bonchev–Trinajstić information content (AvgIpc) is 3.54. The van der Waals surface area contributed by atoms with Gasteiger partial charge in [-0.1, -0.05) is 17.7 Å². The summed E-state index contributed by atoms with van der Waals surface area (Å²) in [5, 5.41) is 22.6. The van der Waals surface area contributed by atoms with Crippen molar-refractivity contribution in [2.24, 2.45) is 0 Å². The number of halogens is 2. The summed E-state index contributed by atoms with van der Waals surface area (Å²) in [6.07, 6.45) is 2.29. The average molecular weight is 467 g/mol. The lowest BCUT2D eigenvalue weighted by Gasteiger charge is -2.32. The number of fused-ring (bicyclic) bond motifs is 1. The molecule has 2 aromatic rings. The summed E-state index contributed by atoms with van der Waals surface area (Å²) in [6.45, 7) is 3.96. The third-order valence-electron chi connectivity index (χ3n) is 6.75. The van der Waals surface area contributed by atoms with Gasteiger partial charge in [0.25, 0.3) is 0 Å². The number of hydrogen-bond donors (Lipinski definition) is 1. The smallest absolute Gasteiger partial charge is 0.213 e. The Morgan fingerprint density at radius 2 is 2.06 bits per heavy atom. The molecule has 1 N–H and O–H groups in total. The number of nitrogens with one attached hydrogen (secondary N) is 1. The fraction of sp³-hybridized carbons (Fsp3) is 0.500. The van der Waals surface area contributed by atoms with Crippen LogP contribution in [0.5, 0.6) is 5.88 Å². The van der Waals surface area contributed by atoms with Gasteiger partial charge in [-0.3, -0.25) is 4.90 Å². The molecule has 0 bridgehead atoms. The van der Waals surface area contributed by atoms with E-state index in [0.717, 1.165) is 41.8 Å². The van der Waals surface area contributed by atoms with Crippen LogP contribution in [0.3, 0.4) is 0 Å². The molecule has 0 aromatic carbocycles. The number of hydrogen-bond acceptors (Lipinski definition) is 7. The van der Waals surface area contributed by atoms with Crippen molar-refractivity contribution < 1.29 is 9.13 Å². The zero-order valence-corrected chi connectivity index (χ0v) is 19.1. The van der Waals surface area contributed by atoms with E-state index in [1.807, 2.05) is 19.1 Å². The number of aromatic nitrogens is 2. The molecule has 1 aliphatic heterocycles. The van der Waals surface area contributed by atoms with E-state index in [4.69, 9.17) is 16.3 Å². The van der Waals surface area contributed by atoms with E-state index >= 15 is 0 Å². The van der Waals surface area contributed by atoms with Crippen LogP contribution in [0, 0.1) is 29.6 Å². The fourth-order valence-corrected chi connectivity index (χ4v) is 4.67. The summed E-state index contributed by atoms with van der Waals surface area (Å²) in [5.74, 6) is 1.16. The van der Waals surface area contributed by atoms with Crippen molar-refractivity contribution in [1.82, 2.24) is 14.9 Å². The van der Waals surface area contributed by atoms with Crippen LogP contribution in [0.4, 0.5) is 10.2 Å². The van der Waals surface area contributed by atoms with Crippen LogP contribution in [0.2, 0.25) is 5.15 Å². The molecule has 2 saturated carbocycles. The van der Waals surface area contributed by atoms with Crippen LogP contribution in [0.25, 0.3) is 0 Å². The molecule has 3 heterocycles. The van der Waals surface area contributed by atoms with E-state index in [1.165, 1.54) is 0 Å². The lowest BCUT2D eigenvalue weighted by Crippen LogP contribution is -2.35. The van der Waals surface area contributed by atoms with Crippen molar-refractivity contribution >= 4 is 17.4 Å². The Bertz CT molecular complexity index is 1180. The van der Waals surface area contributed by atoms with Gasteiger partial charge >= 0.3 is 0 Å². The number of anilines is 1. The molecule has 9 heteroatoms. The van der Waals surface area contributed by atoms with Crippen molar-refractivity contribution in [3.05, 3.63) is 45.2 Å². The van der Waals surface area contributed by atoms with Crippen LogP contribution in [0.15, 0.2) is 12.1 Å². The van der Waals surface area contributed by atoms with Gasteiger partial charge in [-0.15, -0.1) is 0 Å². The minimum atomic E-state index is -0.759. The first kappa shape index (κ1) is 21.9. The monoisotopic (exact) mass is 466 g/mol. The SMILES string of the molecule is Cc1nc(O[C@H]2C[C@H](F)C2)ccc1CN1CCc2c(NC3(C#N)CC3)nc(Cl)c(C#N)c2C1. The third kappa shape index (κ3) is 4.34. The number of ether oxygens (including phenoxy) is 1. The largest absolute Gasteiger partial charge is 0.474 e. The molecule has 2 aliphatic carbocycles. The quantitative estimate of drug-likeness (QED) is 0.636. The van der Waals surface area contributed by atoms with Crippen molar-refractivity contribution in [1.29, 1.82) is 10.5 Å². The highest BCUT2D eigenvalue weighted by molar-refractivity contribution is 6.30. The highest BCUT2D eigenvalue weighted by Gasteiger charge is 2.44. The fourth-order valence-electron chi connectivity index (χ4n) is 4.43. The first-order valence-electron chi connectivity index (χ1n) is 11.2. The van der Waals surface area contributed by atoms with Gasteiger partial charge in [0.15, 0.2) is 0 Å². The minimum absolute atomic E-state index is 0.0854. The molecule has 3 aliphatic rings. The predicted octanol–water partition coefficient (Wildman–Crippen LogP) is 4.22. The molecule has 2 fully saturated rings. The van der Waals surface area contributed by atoms with Gasteiger partial charge in [0.1, 0.15) is 34.9 Å². The van der Waals surface area contributed by atoms with E-state index < -0.39 is 11.7 Å².